The number of hydrogen-bond donors (Lipinski definition) is 1. The summed E-state index contributed by atoms with van der Waals surface area (Å²) >= 11 is 0. The van der Waals surface area contributed by atoms with Gasteiger partial charge in [0.1, 0.15) is 6.33 Å². The van der Waals surface area contributed by atoms with Crippen molar-refractivity contribution in [3.8, 4) is 0 Å². The van der Waals surface area contributed by atoms with Gasteiger partial charge in [-0.1, -0.05) is 0 Å². The van der Waals surface area contributed by atoms with Crippen molar-refractivity contribution in [3.63, 3.8) is 0 Å². The van der Waals surface area contributed by atoms with Crippen molar-refractivity contribution in [1.29, 1.82) is 0 Å². The first kappa shape index (κ1) is 9.10. The van der Waals surface area contributed by atoms with Crippen LogP contribution < -0.4 is 5.32 Å². The van der Waals surface area contributed by atoms with Crippen molar-refractivity contribution in [1.82, 2.24) is 14.8 Å². The summed E-state index contributed by atoms with van der Waals surface area (Å²) < 4.78 is 1.38. The summed E-state index contributed by atoms with van der Waals surface area (Å²) in [4.78, 5) is 23.6. The van der Waals surface area contributed by atoms with E-state index in [-0.39, 0.29) is 5.95 Å². The van der Waals surface area contributed by atoms with E-state index in [1.807, 2.05) is 0 Å². The van der Waals surface area contributed by atoms with Crippen molar-refractivity contribution < 1.29 is 9.72 Å². The van der Waals surface area contributed by atoms with Crippen LogP contribution in [0.5, 0.6) is 0 Å². The van der Waals surface area contributed by atoms with Crippen LogP contribution in [0.25, 0.3) is 0 Å². The third-order valence-corrected chi connectivity index (χ3v) is 1.12. The summed E-state index contributed by atoms with van der Waals surface area (Å²) in [7, 11) is 1.62. The predicted molar refractivity (Wildman–Crippen MR) is 41.5 cm³/mol. The lowest BCUT2D eigenvalue weighted by molar-refractivity contribution is -0.467. The number of rotatable bonds is 3. The number of anilines is 1. The predicted octanol–water partition coefficient (Wildman–Crippen LogP) is -0.970. The van der Waals surface area contributed by atoms with E-state index in [0.717, 1.165) is 0 Å². The molecule has 1 amide bonds. The van der Waals surface area contributed by atoms with Gasteiger partial charge in [-0.15, -0.1) is 5.10 Å². The number of hydrogen-bond acceptors (Lipinski definition) is 5. The van der Waals surface area contributed by atoms with Gasteiger partial charge in [-0.3, -0.25) is 24.9 Å². The average molecular weight is 185 g/mol. The number of nitro groups is 1. The zero-order valence-electron chi connectivity index (χ0n) is 6.80. The Kier molecular flexibility index (Phi) is 2.52. The maximum absolute atomic E-state index is 10.8. The number of aromatic nitrogens is 3. The number of nitrogens with one attached hydrogen (secondary N) is 1. The normalized spacial score (nSPS) is 9.62. The number of carbonyl (C=O) groups excluding carboxylic acids is 1. The molecule has 13 heavy (non-hydrogen) atoms. The highest BCUT2D eigenvalue weighted by atomic mass is 16.6. The van der Waals surface area contributed by atoms with Gasteiger partial charge in [0.15, 0.2) is 0 Å². The van der Waals surface area contributed by atoms with Gasteiger partial charge in [-0.25, -0.2) is 4.98 Å². The van der Waals surface area contributed by atoms with Gasteiger partial charge in [-0.05, 0) is 0 Å². The maximum Gasteiger partial charge on any atom is 0.298 e. The Morgan fingerprint density at radius 2 is 2.54 bits per heavy atom. The Labute approximate surface area is 72.7 Å². The summed E-state index contributed by atoms with van der Waals surface area (Å²) in [5, 5.41) is 15.8. The Morgan fingerprint density at radius 3 is 3.00 bits per heavy atom. The van der Waals surface area contributed by atoms with Gasteiger partial charge < -0.3 is 0 Å². The Balaban J connectivity index is 2.50. The third-order valence-electron chi connectivity index (χ3n) is 1.12. The van der Waals surface area contributed by atoms with Crippen LogP contribution in [0.4, 0.5) is 5.95 Å². The number of amides is 1. The zero-order valence-corrected chi connectivity index (χ0v) is 6.80. The number of nitrogens with zero attached hydrogens (tertiary/aromatic N) is 4. The summed E-state index contributed by atoms with van der Waals surface area (Å²) in [5.74, 6) is -0.675. The van der Waals surface area contributed by atoms with Crippen molar-refractivity contribution in [2.45, 2.75) is 0 Å². The summed E-state index contributed by atoms with van der Waals surface area (Å²) in [5.41, 5.74) is 0. The molecule has 0 aliphatic rings. The van der Waals surface area contributed by atoms with Crippen LogP contribution in [-0.2, 0) is 11.8 Å². The quantitative estimate of drug-likeness (QED) is 0.482. The lowest BCUT2D eigenvalue weighted by Crippen LogP contribution is -2.22. The first-order chi connectivity index (χ1) is 6.08. The van der Waals surface area contributed by atoms with Crippen LogP contribution in [0.3, 0.4) is 0 Å². The minimum absolute atomic E-state index is 0.0642. The monoisotopic (exact) mass is 185 g/mol. The molecule has 1 rings (SSSR count). The molecule has 0 saturated heterocycles. The Bertz CT molecular complexity index is 333. The zero-order chi connectivity index (χ0) is 9.84. The molecular weight excluding hydrogens is 178 g/mol. The molecule has 0 saturated carbocycles. The molecule has 0 fully saturated rings. The molecule has 0 aromatic carbocycles. The minimum atomic E-state index is -0.780. The van der Waals surface area contributed by atoms with E-state index in [1.165, 1.54) is 11.0 Å². The average Bonchev–Trinajstić information content (AvgIpc) is 2.33. The standard InChI is InChI=1S/C5H7N5O3/c1-9-3-6-5(8-9)7-4(11)2-10(12)13/h3H,2H2,1H3,(H,7,8,11). The summed E-state index contributed by atoms with van der Waals surface area (Å²) in [6, 6.07) is 0. The van der Waals surface area contributed by atoms with Crippen molar-refractivity contribution in [2.75, 3.05) is 11.9 Å². The van der Waals surface area contributed by atoms with Crippen LogP contribution in [-0.4, -0.2) is 32.1 Å². The van der Waals surface area contributed by atoms with Crippen LogP contribution in [0.2, 0.25) is 0 Å². The molecule has 0 radical (unpaired) electrons. The number of aryl methyl sites for hydroxylation is 1. The van der Waals surface area contributed by atoms with Gasteiger partial charge in [0.05, 0.1) is 0 Å². The second-order valence-corrected chi connectivity index (χ2v) is 2.28. The molecule has 0 aliphatic carbocycles. The molecular formula is C5H7N5O3. The van der Waals surface area contributed by atoms with Crippen LogP contribution >= 0.6 is 0 Å². The van der Waals surface area contributed by atoms with Crippen LogP contribution in [0.1, 0.15) is 0 Å². The fourth-order valence-corrected chi connectivity index (χ4v) is 0.678. The van der Waals surface area contributed by atoms with E-state index in [0.29, 0.717) is 0 Å². The lowest BCUT2D eigenvalue weighted by Gasteiger charge is -1.94. The SMILES string of the molecule is Cn1cnc(NC(=O)C[N+](=O)[O-])n1. The molecule has 8 heteroatoms. The highest BCUT2D eigenvalue weighted by Gasteiger charge is 2.11. The smallest absolute Gasteiger partial charge is 0.287 e. The minimum Gasteiger partial charge on any atom is -0.287 e. The van der Waals surface area contributed by atoms with Gasteiger partial charge in [-0.2, -0.15) is 0 Å². The molecule has 1 aromatic rings. The molecule has 70 valence electrons. The highest BCUT2D eigenvalue weighted by Crippen LogP contribution is 1.93. The van der Waals surface area contributed by atoms with Gasteiger partial charge in [0, 0.05) is 12.0 Å². The molecule has 8 nitrogen and oxygen atoms in total. The van der Waals surface area contributed by atoms with E-state index in [2.05, 4.69) is 15.4 Å². The first-order valence-electron chi connectivity index (χ1n) is 3.35. The molecule has 1 heterocycles. The second kappa shape index (κ2) is 3.61. The molecule has 0 atom stereocenters. The topological polar surface area (TPSA) is 103 Å². The summed E-state index contributed by atoms with van der Waals surface area (Å²) in [6.45, 7) is -0.780. The van der Waals surface area contributed by atoms with E-state index in [4.69, 9.17) is 0 Å². The maximum atomic E-state index is 10.8. The second-order valence-electron chi connectivity index (χ2n) is 2.28. The van der Waals surface area contributed by atoms with Gasteiger partial charge >= 0.3 is 0 Å². The van der Waals surface area contributed by atoms with Crippen LogP contribution in [0, 0.1) is 10.1 Å². The van der Waals surface area contributed by atoms with Gasteiger partial charge in [0.2, 0.25) is 5.95 Å². The van der Waals surface area contributed by atoms with E-state index in [9.17, 15) is 14.9 Å². The molecule has 1 aromatic heterocycles. The van der Waals surface area contributed by atoms with E-state index >= 15 is 0 Å². The summed E-state index contributed by atoms with van der Waals surface area (Å²) in [6.07, 6.45) is 1.38. The van der Waals surface area contributed by atoms with Crippen molar-refractivity contribution in [2.24, 2.45) is 7.05 Å². The molecule has 0 bridgehead atoms. The Hall–Kier alpha value is -1.99. The Morgan fingerprint density at radius 1 is 1.85 bits per heavy atom. The van der Waals surface area contributed by atoms with Gasteiger partial charge in [0.25, 0.3) is 12.5 Å². The van der Waals surface area contributed by atoms with E-state index in [1.54, 1.807) is 7.05 Å². The molecule has 0 aliphatic heterocycles. The molecule has 0 spiro atoms. The largest absolute Gasteiger partial charge is 0.298 e. The van der Waals surface area contributed by atoms with Crippen LogP contribution in [0.15, 0.2) is 6.33 Å². The van der Waals surface area contributed by atoms with Crippen molar-refractivity contribution >= 4 is 11.9 Å². The lowest BCUT2D eigenvalue weighted by atomic mass is 10.6. The molecule has 0 unspecified atom stereocenters. The van der Waals surface area contributed by atoms with E-state index < -0.39 is 17.4 Å². The fraction of sp³-hybridized carbons (Fsp3) is 0.400. The fourth-order valence-electron chi connectivity index (χ4n) is 0.678. The number of carbonyl (C=O) groups is 1. The third kappa shape index (κ3) is 2.85. The molecule has 1 N–H and O–H groups in total. The highest BCUT2D eigenvalue weighted by molar-refractivity contribution is 5.89. The van der Waals surface area contributed by atoms with Crippen molar-refractivity contribution in [3.05, 3.63) is 16.4 Å². The first-order valence-corrected chi connectivity index (χ1v) is 3.35.